The Kier molecular flexibility index (Phi) is 5.63. The average Bonchev–Trinajstić information content (AvgIpc) is 2.74. The first-order chi connectivity index (χ1) is 7.93. The van der Waals surface area contributed by atoms with Crippen molar-refractivity contribution in [3.8, 4) is 0 Å². The van der Waals surface area contributed by atoms with Crippen LogP contribution in [0.25, 0.3) is 0 Å². The monoisotopic (exact) mass is 254 g/mol. The molecule has 0 amide bonds. The Morgan fingerprint density at radius 1 is 1.41 bits per heavy atom. The molecule has 1 aromatic heterocycles. The highest BCUT2D eigenvalue weighted by Crippen LogP contribution is 2.20. The number of hydrogen-bond donors (Lipinski definition) is 1. The van der Waals surface area contributed by atoms with Crippen molar-refractivity contribution in [1.82, 2.24) is 4.90 Å². The van der Waals surface area contributed by atoms with Crippen LogP contribution >= 0.6 is 11.3 Å². The zero-order chi connectivity index (χ0) is 12.9. The zero-order valence-corrected chi connectivity index (χ0v) is 12.4. The van der Waals surface area contributed by atoms with Crippen LogP contribution in [0.3, 0.4) is 0 Å². The van der Waals surface area contributed by atoms with Gasteiger partial charge >= 0.3 is 0 Å². The summed E-state index contributed by atoms with van der Waals surface area (Å²) in [4.78, 5) is 3.91. The first kappa shape index (κ1) is 14.7. The van der Waals surface area contributed by atoms with E-state index in [4.69, 9.17) is 5.73 Å². The van der Waals surface area contributed by atoms with E-state index >= 15 is 0 Å². The van der Waals surface area contributed by atoms with Gasteiger partial charge in [0.25, 0.3) is 0 Å². The molecule has 1 aromatic rings. The van der Waals surface area contributed by atoms with Crippen molar-refractivity contribution in [1.29, 1.82) is 0 Å². The molecule has 1 rings (SSSR count). The molecule has 3 heteroatoms. The van der Waals surface area contributed by atoms with Gasteiger partial charge in [0.2, 0.25) is 0 Å². The van der Waals surface area contributed by atoms with Crippen molar-refractivity contribution in [2.24, 2.45) is 11.1 Å². The molecule has 0 saturated heterocycles. The smallest absolute Gasteiger partial charge is 0.0327 e. The highest BCUT2D eigenvalue weighted by atomic mass is 32.1. The van der Waals surface area contributed by atoms with E-state index in [-0.39, 0.29) is 11.5 Å². The predicted octanol–water partition coefficient (Wildman–Crippen LogP) is 3.33. The van der Waals surface area contributed by atoms with E-state index in [0.717, 1.165) is 26.1 Å². The van der Waals surface area contributed by atoms with Crippen molar-refractivity contribution in [2.75, 3.05) is 13.1 Å². The second-order valence-corrected chi connectivity index (χ2v) is 6.74. The Morgan fingerprint density at radius 2 is 2.12 bits per heavy atom. The van der Waals surface area contributed by atoms with Crippen LogP contribution in [0.1, 0.15) is 39.0 Å². The van der Waals surface area contributed by atoms with E-state index < -0.39 is 0 Å². The lowest BCUT2D eigenvalue weighted by Crippen LogP contribution is -2.38. The topological polar surface area (TPSA) is 29.3 Å². The summed E-state index contributed by atoms with van der Waals surface area (Å²) in [6.07, 6.45) is 1.07. The van der Waals surface area contributed by atoms with Crippen LogP contribution < -0.4 is 5.73 Å². The molecule has 98 valence electrons. The molecule has 0 radical (unpaired) electrons. The van der Waals surface area contributed by atoms with Gasteiger partial charge < -0.3 is 5.73 Å². The molecule has 1 heterocycles. The number of rotatable bonds is 6. The third-order valence-corrected chi connectivity index (χ3v) is 4.14. The third kappa shape index (κ3) is 5.19. The van der Waals surface area contributed by atoms with Crippen LogP contribution in [0.2, 0.25) is 0 Å². The lowest BCUT2D eigenvalue weighted by Gasteiger charge is -2.29. The molecule has 2 N–H and O–H groups in total. The fourth-order valence-corrected chi connectivity index (χ4v) is 2.47. The SMILES string of the molecule is CCN(CCC(N)C(C)(C)C)Cc1cccs1. The van der Waals surface area contributed by atoms with Crippen LogP contribution in [0, 0.1) is 5.41 Å². The Balaban J connectivity index is 2.37. The average molecular weight is 254 g/mol. The number of nitrogens with zero attached hydrogens (tertiary/aromatic N) is 1. The molecule has 17 heavy (non-hydrogen) atoms. The first-order valence-electron chi connectivity index (χ1n) is 6.43. The van der Waals surface area contributed by atoms with Gasteiger partial charge in [-0.05, 0) is 36.4 Å². The van der Waals surface area contributed by atoms with Crippen molar-refractivity contribution >= 4 is 11.3 Å². The van der Waals surface area contributed by atoms with Gasteiger partial charge in [0, 0.05) is 17.5 Å². The maximum absolute atomic E-state index is 6.20. The third-order valence-electron chi connectivity index (χ3n) is 3.28. The van der Waals surface area contributed by atoms with Crippen molar-refractivity contribution in [2.45, 2.75) is 46.7 Å². The Morgan fingerprint density at radius 3 is 2.59 bits per heavy atom. The summed E-state index contributed by atoms with van der Waals surface area (Å²) in [5.41, 5.74) is 6.41. The van der Waals surface area contributed by atoms with Crippen LogP contribution in [0.15, 0.2) is 17.5 Å². The summed E-state index contributed by atoms with van der Waals surface area (Å²) in [5, 5.41) is 2.14. The fraction of sp³-hybridized carbons (Fsp3) is 0.714. The van der Waals surface area contributed by atoms with Gasteiger partial charge in [-0.2, -0.15) is 0 Å². The number of nitrogens with two attached hydrogens (primary N) is 1. The van der Waals surface area contributed by atoms with Crippen LogP contribution in [0.5, 0.6) is 0 Å². The van der Waals surface area contributed by atoms with Gasteiger partial charge in [0.1, 0.15) is 0 Å². The van der Waals surface area contributed by atoms with Gasteiger partial charge in [0.15, 0.2) is 0 Å². The van der Waals surface area contributed by atoms with E-state index in [2.05, 4.69) is 50.1 Å². The molecule has 0 aromatic carbocycles. The molecule has 0 aliphatic heterocycles. The number of hydrogen-bond acceptors (Lipinski definition) is 3. The Bertz CT molecular complexity index is 301. The van der Waals surface area contributed by atoms with Gasteiger partial charge in [-0.3, -0.25) is 4.90 Å². The summed E-state index contributed by atoms with van der Waals surface area (Å²) < 4.78 is 0. The lowest BCUT2D eigenvalue weighted by molar-refractivity contribution is 0.231. The summed E-state index contributed by atoms with van der Waals surface area (Å²) >= 11 is 1.83. The minimum absolute atomic E-state index is 0.211. The summed E-state index contributed by atoms with van der Waals surface area (Å²) in [5.74, 6) is 0. The zero-order valence-electron chi connectivity index (χ0n) is 11.6. The van der Waals surface area contributed by atoms with Crippen LogP contribution in [-0.2, 0) is 6.54 Å². The lowest BCUT2D eigenvalue weighted by atomic mass is 9.85. The molecular formula is C14H26N2S. The highest BCUT2D eigenvalue weighted by Gasteiger charge is 2.20. The first-order valence-corrected chi connectivity index (χ1v) is 7.31. The highest BCUT2D eigenvalue weighted by molar-refractivity contribution is 7.09. The second kappa shape index (κ2) is 6.53. The maximum atomic E-state index is 6.20. The molecule has 0 aliphatic rings. The van der Waals surface area contributed by atoms with Crippen LogP contribution in [-0.4, -0.2) is 24.0 Å². The van der Waals surface area contributed by atoms with E-state index in [1.807, 2.05) is 11.3 Å². The van der Waals surface area contributed by atoms with E-state index in [9.17, 15) is 0 Å². The largest absolute Gasteiger partial charge is 0.327 e. The van der Waals surface area contributed by atoms with Crippen molar-refractivity contribution in [3.05, 3.63) is 22.4 Å². The van der Waals surface area contributed by atoms with Gasteiger partial charge in [-0.1, -0.05) is 33.8 Å². The number of thiophene rings is 1. The molecule has 2 nitrogen and oxygen atoms in total. The van der Waals surface area contributed by atoms with Gasteiger partial charge in [-0.15, -0.1) is 11.3 Å². The molecule has 0 fully saturated rings. The van der Waals surface area contributed by atoms with Crippen LogP contribution in [0.4, 0.5) is 0 Å². The van der Waals surface area contributed by atoms with Gasteiger partial charge in [0.05, 0.1) is 0 Å². The minimum Gasteiger partial charge on any atom is -0.327 e. The quantitative estimate of drug-likeness (QED) is 0.843. The van der Waals surface area contributed by atoms with E-state index in [0.29, 0.717) is 0 Å². The fourth-order valence-electron chi connectivity index (χ4n) is 1.73. The summed E-state index contributed by atoms with van der Waals surface area (Å²) in [6.45, 7) is 12.1. The Hall–Kier alpha value is -0.380. The molecule has 0 saturated carbocycles. The van der Waals surface area contributed by atoms with E-state index in [1.165, 1.54) is 4.88 Å². The van der Waals surface area contributed by atoms with Crippen molar-refractivity contribution in [3.63, 3.8) is 0 Å². The molecule has 1 unspecified atom stereocenters. The van der Waals surface area contributed by atoms with Gasteiger partial charge in [-0.25, -0.2) is 0 Å². The Labute approximate surface area is 110 Å². The molecule has 0 bridgehead atoms. The normalized spacial score (nSPS) is 14.2. The minimum atomic E-state index is 0.211. The summed E-state index contributed by atoms with van der Waals surface area (Å²) in [6, 6.07) is 4.60. The standard InChI is InChI=1S/C14H26N2S/c1-5-16(11-12-7-6-10-17-12)9-8-13(15)14(2,3)4/h6-7,10,13H,5,8-9,11,15H2,1-4H3. The summed E-state index contributed by atoms with van der Waals surface area (Å²) in [7, 11) is 0. The van der Waals surface area contributed by atoms with E-state index in [1.54, 1.807) is 0 Å². The molecule has 0 aliphatic carbocycles. The van der Waals surface area contributed by atoms with Crippen molar-refractivity contribution < 1.29 is 0 Å². The maximum Gasteiger partial charge on any atom is 0.0327 e. The molecule has 1 atom stereocenters. The molecule has 0 spiro atoms. The molecular weight excluding hydrogens is 228 g/mol. The predicted molar refractivity (Wildman–Crippen MR) is 77.3 cm³/mol. The second-order valence-electron chi connectivity index (χ2n) is 5.71.